The number of oxazole rings is 1. The van der Waals surface area contributed by atoms with Gasteiger partial charge >= 0.3 is 5.97 Å². The van der Waals surface area contributed by atoms with Gasteiger partial charge in [0.15, 0.2) is 12.2 Å². The smallest absolute Gasteiger partial charge is 0.309 e. The van der Waals surface area contributed by atoms with Crippen molar-refractivity contribution in [2.75, 3.05) is 37.7 Å². The maximum Gasteiger partial charge on any atom is 0.309 e. The van der Waals surface area contributed by atoms with Gasteiger partial charge in [0.05, 0.1) is 5.92 Å². The highest BCUT2D eigenvalue weighted by molar-refractivity contribution is 5.81. The average molecular weight is 399 g/mol. The SMILES string of the molecule is CC1CC(C)CN(C(=O)COC(=O)C2CCN(c3nc4ccccc4o3)CC2)C1. The number of ether oxygens (including phenoxy) is 1. The summed E-state index contributed by atoms with van der Waals surface area (Å²) in [4.78, 5) is 33.3. The van der Waals surface area contributed by atoms with Crippen LogP contribution in [0.2, 0.25) is 0 Å². The lowest BCUT2D eigenvalue weighted by Gasteiger charge is -2.35. The minimum absolute atomic E-state index is 0.0827. The number of likely N-dealkylation sites (tertiary alicyclic amines) is 1. The van der Waals surface area contributed by atoms with Gasteiger partial charge in [-0.15, -0.1) is 0 Å². The van der Waals surface area contributed by atoms with E-state index < -0.39 is 0 Å². The molecule has 7 nitrogen and oxygen atoms in total. The Labute approximate surface area is 171 Å². The quantitative estimate of drug-likeness (QED) is 0.736. The number of carbonyl (C=O) groups excluding carboxylic acids is 2. The Morgan fingerprint density at radius 2 is 1.83 bits per heavy atom. The lowest BCUT2D eigenvalue weighted by Crippen LogP contribution is -2.45. The van der Waals surface area contributed by atoms with E-state index in [1.54, 1.807) is 0 Å². The number of piperidine rings is 2. The fraction of sp³-hybridized carbons (Fsp3) is 0.591. The third-order valence-electron chi connectivity index (χ3n) is 5.94. The van der Waals surface area contributed by atoms with Crippen molar-refractivity contribution < 1.29 is 18.7 Å². The molecule has 1 aromatic heterocycles. The number of rotatable bonds is 4. The minimum Gasteiger partial charge on any atom is -0.455 e. The Kier molecular flexibility index (Phi) is 5.74. The Bertz CT molecular complexity index is 829. The van der Waals surface area contributed by atoms with Crippen LogP contribution in [0.4, 0.5) is 6.01 Å². The Morgan fingerprint density at radius 3 is 2.52 bits per heavy atom. The van der Waals surface area contributed by atoms with Gasteiger partial charge in [-0.2, -0.15) is 4.98 Å². The van der Waals surface area contributed by atoms with Crippen LogP contribution in [0.15, 0.2) is 28.7 Å². The van der Waals surface area contributed by atoms with E-state index in [1.165, 1.54) is 0 Å². The number of aromatic nitrogens is 1. The maximum absolute atomic E-state index is 12.4. The third-order valence-corrected chi connectivity index (χ3v) is 5.94. The fourth-order valence-corrected chi connectivity index (χ4v) is 4.51. The number of carbonyl (C=O) groups is 2. The summed E-state index contributed by atoms with van der Waals surface area (Å²) in [5.41, 5.74) is 1.60. The second kappa shape index (κ2) is 8.43. The molecule has 156 valence electrons. The van der Waals surface area contributed by atoms with Crippen molar-refractivity contribution in [2.45, 2.75) is 33.1 Å². The number of para-hydroxylation sites is 2. The van der Waals surface area contributed by atoms with Crippen LogP contribution in [0.25, 0.3) is 11.1 Å². The van der Waals surface area contributed by atoms with Crippen molar-refractivity contribution in [2.24, 2.45) is 17.8 Å². The summed E-state index contributed by atoms with van der Waals surface area (Å²) in [6, 6.07) is 8.28. The van der Waals surface area contributed by atoms with Gasteiger partial charge in [-0.1, -0.05) is 26.0 Å². The predicted molar refractivity (Wildman–Crippen MR) is 109 cm³/mol. The number of nitrogens with zero attached hydrogens (tertiary/aromatic N) is 3. The summed E-state index contributed by atoms with van der Waals surface area (Å²) in [5, 5.41) is 0. The first-order valence-corrected chi connectivity index (χ1v) is 10.5. The number of fused-ring (bicyclic) bond motifs is 1. The molecule has 2 aliphatic heterocycles. The summed E-state index contributed by atoms with van der Waals surface area (Å²) in [6.45, 7) is 7.04. The van der Waals surface area contributed by atoms with E-state index in [-0.39, 0.29) is 24.4 Å². The lowest BCUT2D eigenvalue weighted by molar-refractivity contribution is -0.157. The molecular weight excluding hydrogens is 370 g/mol. The molecule has 2 saturated heterocycles. The van der Waals surface area contributed by atoms with Gasteiger partial charge in [0.25, 0.3) is 11.9 Å². The van der Waals surface area contributed by atoms with E-state index in [0.717, 1.165) is 30.6 Å². The molecule has 2 aliphatic rings. The van der Waals surface area contributed by atoms with Gasteiger partial charge in [-0.3, -0.25) is 9.59 Å². The number of hydrogen-bond donors (Lipinski definition) is 0. The molecule has 7 heteroatoms. The predicted octanol–water partition coefficient (Wildman–Crippen LogP) is 3.09. The second-order valence-electron chi connectivity index (χ2n) is 8.58. The first-order chi connectivity index (χ1) is 14.0. The molecule has 3 heterocycles. The largest absolute Gasteiger partial charge is 0.455 e. The van der Waals surface area contributed by atoms with E-state index >= 15 is 0 Å². The molecule has 29 heavy (non-hydrogen) atoms. The summed E-state index contributed by atoms with van der Waals surface area (Å²) in [6.07, 6.45) is 2.48. The number of amides is 1. The van der Waals surface area contributed by atoms with Crippen LogP contribution in [-0.4, -0.2) is 54.5 Å². The molecule has 0 spiro atoms. The highest BCUT2D eigenvalue weighted by atomic mass is 16.5. The van der Waals surface area contributed by atoms with Gasteiger partial charge in [-0.05, 0) is 43.2 Å². The first-order valence-electron chi connectivity index (χ1n) is 10.5. The number of anilines is 1. The van der Waals surface area contributed by atoms with Crippen LogP contribution in [0.3, 0.4) is 0 Å². The van der Waals surface area contributed by atoms with Gasteiger partial charge < -0.3 is 19.0 Å². The molecule has 0 bridgehead atoms. The fourth-order valence-electron chi connectivity index (χ4n) is 4.51. The first kappa shape index (κ1) is 19.7. The molecule has 2 aromatic rings. The third kappa shape index (κ3) is 4.54. The zero-order valence-electron chi connectivity index (χ0n) is 17.2. The van der Waals surface area contributed by atoms with Crippen LogP contribution >= 0.6 is 0 Å². The number of hydrogen-bond acceptors (Lipinski definition) is 6. The van der Waals surface area contributed by atoms with Crippen LogP contribution in [-0.2, 0) is 14.3 Å². The summed E-state index contributed by atoms with van der Waals surface area (Å²) < 4.78 is 11.2. The summed E-state index contributed by atoms with van der Waals surface area (Å²) in [5.74, 6) is 0.459. The van der Waals surface area contributed by atoms with Crippen LogP contribution in [0, 0.1) is 17.8 Å². The molecule has 0 radical (unpaired) electrons. The summed E-state index contributed by atoms with van der Waals surface area (Å²) >= 11 is 0. The van der Waals surface area contributed by atoms with E-state index in [9.17, 15) is 9.59 Å². The molecule has 1 aromatic carbocycles. The van der Waals surface area contributed by atoms with Crippen molar-refractivity contribution in [1.82, 2.24) is 9.88 Å². The van der Waals surface area contributed by atoms with Crippen LogP contribution in [0.5, 0.6) is 0 Å². The van der Waals surface area contributed by atoms with Gasteiger partial charge in [0, 0.05) is 26.2 Å². The van der Waals surface area contributed by atoms with Crippen LogP contribution < -0.4 is 4.90 Å². The van der Waals surface area contributed by atoms with Crippen molar-refractivity contribution >= 4 is 29.0 Å². The number of esters is 1. The zero-order valence-corrected chi connectivity index (χ0v) is 17.2. The molecule has 0 aliphatic carbocycles. The van der Waals surface area contributed by atoms with E-state index in [4.69, 9.17) is 9.15 Å². The van der Waals surface area contributed by atoms with Gasteiger partial charge in [0.2, 0.25) is 0 Å². The Morgan fingerprint density at radius 1 is 1.14 bits per heavy atom. The summed E-state index contributed by atoms with van der Waals surface area (Å²) in [7, 11) is 0. The van der Waals surface area contributed by atoms with Gasteiger partial charge in [-0.25, -0.2) is 0 Å². The molecule has 2 unspecified atom stereocenters. The molecule has 0 saturated carbocycles. The van der Waals surface area contributed by atoms with E-state index in [2.05, 4.69) is 23.7 Å². The average Bonchev–Trinajstić information content (AvgIpc) is 3.15. The molecule has 1 amide bonds. The zero-order chi connectivity index (χ0) is 20.4. The topological polar surface area (TPSA) is 75.9 Å². The van der Waals surface area contributed by atoms with Crippen molar-refractivity contribution in [3.63, 3.8) is 0 Å². The molecule has 2 fully saturated rings. The van der Waals surface area contributed by atoms with Gasteiger partial charge in [0.1, 0.15) is 5.52 Å². The van der Waals surface area contributed by atoms with E-state index in [0.29, 0.717) is 43.8 Å². The molecular formula is C22H29N3O4. The standard InChI is InChI=1S/C22H29N3O4/c1-15-11-16(2)13-25(12-15)20(26)14-28-21(27)17-7-9-24(10-8-17)22-23-18-5-3-4-6-19(18)29-22/h3-6,15-17H,7-14H2,1-2H3. The normalized spacial score (nSPS) is 23.4. The van der Waals surface area contributed by atoms with E-state index in [1.807, 2.05) is 29.2 Å². The monoisotopic (exact) mass is 399 g/mol. The molecule has 2 atom stereocenters. The van der Waals surface area contributed by atoms with Crippen molar-refractivity contribution in [3.8, 4) is 0 Å². The molecule has 4 rings (SSSR count). The molecule has 0 N–H and O–H groups in total. The van der Waals surface area contributed by atoms with Crippen molar-refractivity contribution in [3.05, 3.63) is 24.3 Å². The highest BCUT2D eigenvalue weighted by Gasteiger charge is 2.30. The maximum atomic E-state index is 12.4. The second-order valence-corrected chi connectivity index (χ2v) is 8.58. The Hall–Kier alpha value is -2.57. The number of benzene rings is 1. The van der Waals surface area contributed by atoms with Crippen LogP contribution in [0.1, 0.15) is 33.1 Å². The minimum atomic E-state index is -0.270. The Balaban J connectivity index is 1.25. The highest BCUT2D eigenvalue weighted by Crippen LogP contribution is 2.27. The lowest BCUT2D eigenvalue weighted by atomic mass is 9.92. The van der Waals surface area contributed by atoms with Crippen molar-refractivity contribution in [1.29, 1.82) is 0 Å².